The number of carbonyl (C=O) groups excluding carboxylic acids is 4. The van der Waals surface area contributed by atoms with Crippen molar-refractivity contribution in [1.29, 1.82) is 0 Å². The number of rotatable bonds is 14. The molecule has 0 unspecified atom stereocenters. The molecule has 6 rings (SSSR count). The minimum atomic E-state index is -0.354. The summed E-state index contributed by atoms with van der Waals surface area (Å²) < 4.78 is 3.96. The molecule has 0 bridgehead atoms. The molecule has 13 nitrogen and oxygen atoms in total. The van der Waals surface area contributed by atoms with Gasteiger partial charge in [0.25, 0.3) is 0 Å². The van der Waals surface area contributed by atoms with Crippen LogP contribution in [0.25, 0.3) is 16.8 Å². The number of urea groups is 2. The van der Waals surface area contributed by atoms with Gasteiger partial charge in [-0.15, -0.1) is 0 Å². The van der Waals surface area contributed by atoms with E-state index in [4.69, 9.17) is 0 Å². The Hall–Kier alpha value is -7.46. The van der Waals surface area contributed by atoms with Gasteiger partial charge in [0.05, 0.1) is 6.54 Å². The first-order valence-corrected chi connectivity index (χ1v) is 19.5. The van der Waals surface area contributed by atoms with Crippen LogP contribution >= 0.6 is 0 Å². The molecule has 0 spiro atoms. The molecule has 6 N–H and O–H groups in total. The van der Waals surface area contributed by atoms with Gasteiger partial charge < -0.3 is 36.3 Å². The number of fused-ring (bicyclic) bond motifs is 1. The van der Waals surface area contributed by atoms with Crippen LogP contribution in [0.3, 0.4) is 0 Å². The highest BCUT2D eigenvalue weighted by molar-refractivity contribution is 5.94. The predicted molar refractivity (Wildman–Crippen MR) is 229 cm³/mol. The third-order valence-corrected chi connectivity index (χ3v) is 9.06. The molecule has 0 fully saturated rings. The molecule has 0 atom stereocenters. The highest BCUT2D eigenvalue weighted by atomic mass is 16.2. The molecule has 300 valence electrons. The van der Waals surface area contributed by atoms with Crippen LogP contribution in [0.4, 0.5) is 26.7 Å². The second kappa shape index (κ2) is 20.1. The van der Waals surface area contributed by atoms with Crippen LogP contribution in [0.5, 0.6) is 0 Å². The number of nitrogens with one attached hydrogen (secondary N) is 6. The summed E-state index contributed by atoms with van der Waals surface area (Å²) in [6.07, 6.45) is 10.7. The zero-order chi connectivity index (χ0) is 41.6. The Morgan fingerprint density at radius 2 is 1.41 bits per heavy atom. The first-order chi connectivity index (χ1) is 28.6. The number of hydrogen-bond donors (Lipinski definition) is 6. The Balaban J connectivity index is 1.14. The number of nitrogens with zero attached hydrogens (tertiary/aromatic N) is 3. The summed E-state index contributed by atoms with van der Waals surface area (Å²) in [6.45, 7) is 7.35. The molecule has 3 aromatic heterocycles. The second-order valence-electron chi connectivity index (χ2n) is 14.4. The topological polar surface area (TPSA) is 162 Å². The van der Waals surface area contributed by atoms with Gasteiger partial charge in [0, 0.05) is 84.0 Å². The molecule has 0 saturated heterocycles. The van der Waals surface area contributed by atoms with E-state index in [1.807, 2.05) is 129 Å². The first kappa shape index (κ1) is 41.2. The van der Waals surface area contributed by atoms with Gasteiger partial charge in [0.2, 0.25) is 11.8 Å². The second-order valence-corrected chi connectivity index (χ2v) is 14.4. The lowest BCUT2D eigenvalue weighted by molar-refractivity contribution is -0.688. The number of anilines is 3. The van der Waals surface area contributed by atoms with E-state index in [2.05, 4.69) is 53.3 Å². The van der Waals surface area contributed by atoms with Crippen molar-refractivity contribution in [2.45, 2.75) is 46.7 Å². The number of carbonyl (C=O) groups is 4. The zero-order valence-electron chi connectivity index (χ0n) is 33.3. The van der Waals surface area contributed by atoms with Crippen LogP contribution in [0.1, 0.15) is 55.9 Å². The maximum absolute atomic E-state index is 13.0. The third-order valence-electron chi connectivity index (χ3n) is 9.06. The van der Waals surface area contributed by atoms with Crippen LogP contribution in [-0.4, -0.2) is 46.4 Å². The fourth-order valence-corrected chi connectivity index (χ4v) is 6.06. The molecule has 0 radical (unpaired) electrons. The Kier molecular flexibility index (Phi) is 14.0. The number of hydrogen-bond acceptors (Lipinski definition) is 5. The van der Waals surface area contributed by atoms with E-state index < -0.39 is 0 Å². The molecule has 0 aliphatic heterocycles. The Morgan fingerprint density at radius 3 is 2.15 bits per heavy atom. The van der Waals surface area contributed by atoms with E-state index in [1.165, 1.54) is 0 Å². The quantitative estimate of drug-likeness (QED) is 0.0535. The van der Waals surface area contributed by atoms with E-state index in [1.54, 1.807) is 18.3 Å². The fourth-order valence-electron chi connectivity index (χ4n) is 6.06. The maximum Gasteiger partial charge on any atom is 0.319 e. The van der Waals surface area contributed by atoms with Crippen molar-refractivity contribution in [2.24, 2.45) is 5.92 Å². The predicted octanol–water partition coefficient (Wildman–Crippen LogP) is 6.69. The largest absolute Gasteiger partial charge is 0.347 e. The minimum absolute atomic E-state index is 0.0755. The molecule has 6 aromatic rings. The van der Waals surface area contributed by atoms with Crippen molar-refractivity contribution >= 4 is 46.6 Å². The van der Waals surface area contributed by atoms with Gasteiger partial charge in [-0.05, 0) is 89.7 Å². The molecule has 6 amide bonds. The van der Waals surface area contributed by atoms with Crippen molar-refractivity contribution in [2.75, 3.05) is 29.0 Å². The normalized spacial score (nSPS) is 10.6. The average Bonchev–Trinajstić information content (AvgIpc) is 3.70. The highest BCUT2D eigenvalue weighted by Crippen LogP contribution is 2.26. The van der Waals surface area contributed by atoms with E-state index in [0.29, 0.717) is 48.7 Å². The number of aromatic nitrogens is 3. The summed E-state index contributed by atoms with van der Waals surface area (Å²) in [7, 11) is 0. The van der Waals surface area contributed by atoms with Crippen molar-refractivity contribution in [3.8, 4) is 23.0 Å². The van der Waals surface area contributed by atoms with Crippen molar-refractivity contribution in [3.05, 3.63) is 144 Å². The summed E-state index contributed by atoms with van der Waals surface area (Å²) in [5.41, 5.74) is 7.94. The molecule has 3 aromatic carbocycles. The monoisotopic (exact) mass is 790 g/mol. The van der Waals surface area contributed by atoms with Crippen molar-refractivity contribution in [3.63, 3.8) is 0 Å². The summed E-state index contributed by atoms with van der Waals surface area (Å²) >= 11 is 0. The minimum Gasteiger partial charge on any atom is -0.347 e. The lowest BCUT2D eigenvalue weighted by Crippen LogP contribution is -2.33. The van der Waals surface area contributed by atoms with Gasteiger partial charge >= 0.3 is 12.1 Å². The van der Waals surface area contributed by atoms with Gasteiger partial charge in [-0.25, -0.2) is 19.1 Å². The Morgan fingerprint density at radius 1 is 0.712 bits per heavy atom. The van der Waals surface area contributed by atoms with Gasteiger partial charge in [0.1, 0.15) is 5.65 Å². The molecule has 0 saturated carbocycles. The third kappa shape index (κ3) is 12.5. The van der Waals surface area contributed by atoms with Crippen molar-refractivity contribution < 1.29 is 23.7 Å². The van der Waals surface area contributed by atoms with E-state index in [9.17, 15) is 19.2 Å². The van der Waals surface area contributed by atoms with E-state index >= 15 is 0 Å². The summed E-state index contributed by atoms with van der Waals surface area (Å²) in [6, 6.07) is 27.8. The molecule has 3 heterocycles. The SMILES string of the molecule is CCCNC(=O)Nc1ccc(C#Cc2cc(NC(=O)NCc3ccn4ccnc4c3)ccc2-c2cc[n+](Cc3ccc(NC(=O)CNC(=O)CC(C)C)cc3)cc2)cc1. The van der Waals surface area contributed by atoms with Gasteiger partial charge in [-0.2, -0.15) is 0 Å². The summed E-state index contributed by atoms with van der Waals surface area (Å²) in [5.74, 6) is 6.34. The van der Waals surface area contributed by atoms with Crippen LogP contribution in [0.15, 0.2) is 122 Å². The van der Waals surface area contributed by atoms with Crippen molar-refractivity contribution in [1.82, 2.24) is 25.3 Å². The standard InChI is InChI=1S/C46H47N9O4/c1-4-20-48-45(58)52-39-11-6-33(7-12-39)5-10-37-28-40(53-46(59)50-29-35-17-24-55-25-21-47-42(55)27-35)15-16-41(37)36-18-22-54(23-19-36)31-34-8-13-38(14-9-34)51-44(57)30-49-43(56)26-32(2)3/h6-9,11-19,21-25,27-28,32H,4,20,26,29-31H2,1-3H3,(H5,48,49,50,51,52,53,56,57,58,59)/p+1. The fraction of sp³-hybridized carbons (Fsp3) is 0.217. The molecular weight excluding hydrogens is 743 g/mol. The van der Waals surface area contributed by atoms with Crippen LogP contribution in [0, 0.1) is 17.8 Å². The van der Waals surface area contributed by atoms with Gasteiger partial charge in [-0.1, -0.05) is 50.8 Å². The number of benzene rings is 3. The Labute approximate surface area is 343 Å². The molecule has 0 aliphatic carbocycles. The Bertz CT molecular complexity index is 2470. The number of imidazole rings is 1. The van der Waals surface area contributed by atoms with Gasteiger partial charge in [0.15, 0.2) is 18.9 Å². The molecule has 13 heteroatoms. The average molecular weight is 791 g/mol. The number of pyridine rings is 2. The van der Waals surface area contributed by atoms with E-state index in [-0.39, 0.29) is 36.3 Å². The lowest BCUT2D eigenvalue weighted by Gasteiger charge is -2.11. The van der Waals surface area contributed by atoms with Gasteiger partial charge in [-0.3, -0.25) is 9.59 Å². The smallest absolute Gasteiger partial charge is 0.319 e. The zero-order valence-corrected chi connectivity index (χ0v) is 33.3. The first-order valence-electron chi connectivity index (χ1n) is 19.5. The number of amides is 6. The molecule has 59 heavy (non-hydrogen) atoms. The maximum atomic E-state index is 13.0. The van der Waals surface area contributed by atoms with Crippen LogP contribution in [-0.2, 0) is 22.7 Å². The summed E-state index contributed by atoms with van der Waals surface area (Å²) in [5, 5.41) is 17.0. The van der Waals surface area contributed by atoms with Crippen LogP contribution < -0.4 is 36.5 Å². The van der Waals surface area contributed by atoms with E-state index in [0.717, 1.165) is 39.9 Å². The molecule has 0 aliphatic rings. The highest BCUT2D eigenvalue weighted by Gasteiger charge is 2.12. The lowest BCUT2D eigenvalue weighted by atomic mass is 9.99. The molecular formula is C46H48N9O4+. The summed E-state index contributed by atoms with van der Waals surface area (Å²) in [4.78, 5) is 53.6. The van der Waals surface area contributed by atoms with Crippen LogP contribution in [0.2, 0.25) is 0 Å².